The second-order valence-corrected chi connectivity index (χ2v) is 9.32. The first-order valence-corrected chi connectivity index (χ1v) is 11.9. The van der Waals surface area contributed by atoms with Crippen molar-refractivity contribution in [3.63, 3.8) is 0 Å². The second-order valence-electron chi connectivity index (χ2n) is 8.40. The molecule has 0 aromatic carbocycles. The summed E-state index contributed by atoms with van der Waals surface area (Å²) in [5.41, 5.74) is 1.10. The van der Waals surface area contributed by atoms with Gasteiger partial charge in [0.05, 0.1) is 36.3 Å². The summed E-state index contributed by atoms with van der Waals surface area (Å²) in [4.78, 5) is 28.8. The van der Waals surface area contributed by atoms with Crippen LogP contribution in [0.3, 0.4) is 0 Å². The highest BCUT2D eigenvalue weighted by Crippen LogP contribution is 2.34. The molecule has 9 nitrogen and oxygen atoms in total. The van der Waals surface area contributed by atoms with Crippen molar-refractivity contribution in [2.75, 3.05) is 38.2 Å². The minimum absolute atomic E-state index is 0.0227. The number of carbonyl (C=O) groups is 2. The number of nitrogens with zero attached hydrogens (tertiary/aromatic N) is 3. The van der Waals surface area contributed by atoms with Gasteiger partial charge < -0.3 is 24.8 Å². The molecule has 2 N–H and O–H groups in total. The van der Waals surface area contributed by atoms with E-state index >= 15 is 0 Å². The molecule has 1 amide bonds. The maximum Gasteiger partial charge on any atom is 0.490 e. The SMILES string of the molecule is Cc1ccsc1C(=O)N1CCOCC2(CCC(CNc3ccc(C#N)cn3)O2)C1.O=C(O)C(F)(F)F. The molecule has 0 saturated carbocycles. The average Bonchev–Trinajstić information content (AvgIpc) is 3.38. The molecule has 4 rings (SSSR count). The molecule has 0 aliphatic carbocycles. The summed E-state index contributed by atoms with van der Waals surface area (Å²) in [5.74, 6) is -1.97. The molecule has 2 aliphatic heterocycles. The minimum atomic E-state index is -5.08. The van der Waals surface area contributed by atoms with Gasteiger partial charge in [0.15, 0.2) is 0 Å². The van der Waals surface area contributed by atoms with E-state index < -0.39 is 17.7 Å². The first kappa shape index (κ1) is 27.4. The number of hydrogen-bond acceptors (Lipinski definition) is 8. The number of carboxylic acids is 1. The Morgan fingerprint density at radius 2 is 2.14 bits per heavy atom. The molecule has 2 aromatic heterocycles. The van der Waals surface area contributed by atoms with E-state index in [4.69, 9.17) is 24.6 Å². The summed E-state index contributed by atoms with van der Waals surface area (Å²) < 4.78 is 44.0. The highest BCUT2D eigenvalue weighted by molar-refractivity contribution is 7.12. The third kappa shape index (κ3) is 7.16. The van der Waals surface area contributed by atoms with E-state index in [-0.39, 0.29) is 12.0 Å². The third-order valence-electron chi connectivity index (χ3n) is 5.68. The Hall–Kier alpha value is -3.21. The number of nitrogens with one attached hydrogen (secondary N) is 1. The second kappa shape index (κ2) is 11.7. The third-order valence-corrected chi connectivity index (χ3v) is 6.68. The molecule has 36 heavy (non-hydrogen) atoms. The van der Waals surface area contributed by atoms with Crippen molar-refractivity contribution in [2.45, 2.75) is 37.6 Å². The fraction of sp³-hybridized carbons (Fsp3) is 0.478. The normalized spacial score (nSPS) is 21.8. The van der Waals surface area contributed by atoms with Gasteiger partial charge in [0.25, 0.3) is 5.91 Å². The van der Waals surface area contributed by atoms with E-state index in [0.29, 0.717) is 38.4 Å². The van der Waals surface area contributed by atoms with Crippen LogP contribution in [0.5, 0.6) is 0 Å². The smallest absolute Gasteiger partial charge is 0.475 e. The van der Waals surface area contributed by atoms with E-state index in [1.54, 1.807) is 18.3 Å². The number of amides is 1. The Morgan fingerprint density at radius 3 is 2.72 bits per heavy atom. The molecule has 4 heterocycles. The first-order valence-electron chi connectivity index (χ1n) is 11.0. The van der Waals surface area contributed by atoms with Gasteiger partial charge in [0.2, 0.25) is 0 Å². The lowest BCUT2D eigenvalue weighted by Gasteiger charge is -2.32. The standard InChI is InChI=1S/C21H24N4O3S.C2HF3O2/c1-15-5-9-29-19(15)20(26)25-7-8-27-14-21(13-25)6-4-17(28-21)12-24-18-3-2-16(10-22)11-23-18;3-2(4,5)1(6)7/h2-3,5,9,11,17H,4,6-8,12-14H2,1H3,(H,23,24);(H,6,7). The lowest BCUT2D eigenvalue weighted by Crippen LogP contribution is -2.47. The zero-order valence-corrected chi connectivity index (χ0v) is 20.2. The fourth-order valence-corrected chi connectivity index (χ4v) is 4.75. The van der Waals surface area contributed by atoms with E-state index in [1.165, 1.54) is 11.3 Å². The molecule has 1 spiro atoms. The van der Waals surface area contributed by atoms with E-state index in [2.05, 4.69) is 16.4 Å². The van der Waals surface area contributed by atoms with Crippen LogP contribution in [0.25, 0.3) is 0 Å². The summed E-state index contributed by atoms with van der Waals surface area (Å²) in [6.45, 7) is 4.76. The van der Waals surface area contributed by atoms with Crippen molar-refractivity contribution in [1.82, 2.24) is 9.88 Å². The molecule has 194 valence electrons. The van der Waals surface area contributed by atoms with Crippen molar-refractivity contribution in [2.24, 2.45) is 0 Å². The number of aromatic nitrogens is 1. The van der Waals surface area contributed by atoms with Gasteiger partial charge in [-0.1, -0.05) is 0 Å². The molecule has 2 fully saturated rings. The number of carboxylic acid groups (broad SMARTS) is 1. The number of anilines is 1. The van der Waals surface area contributed by atoms with Crippen molar-refractivity contribution < 1.29 is 37.3 Å². The van der Waals surface area contributed by atoms with Gasteiger partial charge in [-0.15, -0.1) is 11.3 Å². The summed E-state index contributed by atoms with van der Waals surface area (Å²) in [6, 6.07) is 7.57. The lowest BCUT2D eigenvalue weighted by atomic mass is 10.00. The number of thiophene rings is 1. The van der Waals surface area contributed by atoms with Gasteiger partial charge in [0, 0.05) is 19.3 Å². The lowest BCUT2D eigenvalue weighted by molar-refractivity contribution is -0.192. The Bertz CT molecular complexity index is 1100. The predicted molar refractivity (Wildman–Crippen MR) is 124 cm³/mol. The van der Waals surface area contributed by atoms with Crippen molar-refractivity contribution in [1.29, 1.82) is 5.26 Å². The summed E-state index contributed by atoms with van der Waals surface area (Å²) in [5, 5.41) is 21.2. The van der Waals surface area contributed by atoms with Crippen LogP contribution in [0.4, 0.5) is 19.0 Å². The Balaban J connectivity index is 0.000000454. The highest BCUT2D eigenvalue weighted by atomic mass is 32.1. The van der Waals surface area contributed by atoms with Gasteiger partial charge in [-0.2, -0.15) is 18.4 Å². The number of alkyl halides is 3. The first-order chi connectivity index (χ1) is 17.0. The maximum atomic E-state index is 13.0. The number of pyridine rings is 1. The number of ether oxygens (including phenoxy) is 2. The van der Waals surface area contributed by atoms with Gasteiger partial charge >= 0.3 is 12.1 Å². The summed E-state index contributed by atoms with van der Waals surface area (Å²) in [7, 11) is 0. The van der Waals surface area contributed by atoms with E-state index in [0.717, 1.165) is 29.1 Å². The van der Waals surface area contributed by atoms with Gasteiger partial charge in [0.1, 0.15) is 17.5 Å². The average molecular weight is 527 g/mol. The molecular weight excluding hydrogens is 501 g/mol. The largest absolute Gasteiger partial charge is 0.490 e. The number of halogens is 3. The Kier molecular flexibility index (Phi) is 8.89. The van der Waals surface area contributed by atoms with Crippen LogP contribution in [-0.2, 0) is 14.3 Å². The van der Waals surface area contributed by atoms with Gasteiger partial charge in [-0.05, 0) is 48.9 Å². The van der Waals surface area contributed by atoms with Crippen LogP contribution < -0.4 is 5.32 Å². The van der Waals surface area contributed by atoms with Crippen molar-refractivity contribution >= 4 is 29.0 Å². The minimum Gasteiger partial charge on any atom is -0.475 e. The molecule has 2 aliphatic rings. The molecule has 2 unspecified atom stereocenters. The quantitative estimate of drug-likeness (QED) is 0.621. The fourth-order valence-electron chi connectivity index (χ4n) is 3.86. The number of rotatable bonds is 4. The van der Waals surface area contributed by atoms with Gasteiger partial charge in [-0.3, -0.25) is 4.79 Å². The molecule has 0 radical (unpaired) electrons. The predicted octanol–water partition coefficient (Wildman–Crippen LogP) is 3.46. The number of nitriles is 1. The molecule has 2 atom stereocenters. The Morgan fingerprint density at radius 1 is 1.39 bits per heavy atom. The maximum absolute atomic E-state index is 13.0. The van der Waals surface area contributed by atoms with Crippen LogP contribution in [0.15, 0.2) is 29.8 Å². The van der Waals surface area contributed by atoms with E-state index in [9.17, 15) is 18.0 Å². The molecule has 2 saturated heterocycles. The van der Waals surface area contributed by atoms with Gasteiger partial charge in [-0.25, -0.2) is 9.78 Å². The van der Waals surface area contributed by atoms with Crippen LogP contribution in [-0.4, -0.2) is 77.6 Å². The van der Waals surface area contributed by atoms with E-state index in [1.807, 2.05) is 23.3 Å². The molecule has 13 heteroatoms. The monoisotopic (exact) mass is 526 g/mol. The van der Waals surface area contributed by atoms with Crippen LogP contribution in [0.1, 0.15) is 33.6 Å². The topological polar surface area (TPSA) is 125 Å². The molecular formula is C23H25F3N4O5S. The number of aryl methyl sites for hydroxylation is 1. The number of carbonyl (C=O) groups excluding carboxylic acids is 1. The summed E-state index contributed by atoms with van der Waals surface area (Å²) in [6.07, 6.45) is -1.76. The Labute approximate surface area is 209 Å². The molecule has 2 aromatic rings. The zero-order valence-electron chi connectivity index (χ0n) is 19.4. The highest BCUT2D eigenvalue weighted by Gasteiger charge is 2.44. The number of aliphatic carboxylic acids is 1. The van der Waals surface area contributed by atoms with Crippen LogP contribution in [0, 0.1) is 18.3 Å². The number of hydrogen-bond donors (Lipinski definition) is 2. The van der Waals surface area contributed by atoms with Crippen molar-refractivity contribution in [3.8, 4) is 6.07 Å². The van der Waals surface area contributed by atoms with Crippen LogP contribution >= 0.6 is 11.3 Å². The summed E-state index contributed by atoms with van der Waals surface area (Å²) >= 11 is 1.49. The van der Waals surface area contributed by atoms with Crippen LogP contribution in [0.2, 0.25) is 0 Å². The molecule has 0 bridgehead atoms. The zero-order chi connectivity index (χ0) is 26.3. The van der Waals surface area contributed by atoms with Crippen molar-refractivity contribution in [3.05, 3.63) is 45.8 Å².